The van der Waals surface area contributed by atoms with Crippen molar-refractivity contribution in [1.29, 1.82) is 0 Å². The van der Waals surface area contributed by atoms with Crippen LogP contribution >= 0.6 is 0 Å². The van der Waals surface area contributed by atoms with Gasteiger partial charge in [0.05, 0.1) is 12.8 Å². The zero-order valence-electron chi connectivity index (χ0n) is 17.6. The second-order valence-electron chi connectivity index (χ2n) is 6.89. The van der Waals surface area contributed by atoms with Crippen molar-refractivity contribution >= 4 is 6.21 Å². The monoisotopic (exact) mass is 381 g/mol. The molecule has 2 aromatic rings. The van der Waals surface area contributed by atoms with Crippen molar-refractivity contribution in [2.24, 2.45) is 5.16 Å². The van der Waals surface area contributed by atoms with E-state index >= 15 is 0 Å². The van der Waals surface area contributed by atoms with E-state index in [4.69, 9.17) is 14.3 Å². The minimum Gasteiger partial charge on any atom is -0.493 e. The molecule has 0 saturated heterocycles. The first-order valence-corrected chi connectivity index (χ1v) is 9.69. The molecule has 0 bridgehead atoms. The summed E-state index contributed by atoms with van der Waals surface area (Å²) in [5.41, 5.74) is 4.52. The van der Waals surface area contributed by atoms with Crippen molar-refractivity contribution in [2.75, 3.05) is 20.3 Å². The summed E-state index contributed by atoms with van der Waals surface area (Å²) in [5, 5.41) is 3.79. The van der Waals surface area contributed by atoms with E-state index in [2.05, 4.69) is 50.2 Å². The van der Waals surface area contributed by atoms with E-state index < -0.39 is 0 Å². The zero-order chi connectivity index (χ0) is 20.4. The number of rotatable bonds is 10. The lowest BCUT2D eigenvalue weighted by atomic mass is 9.97. The van der Waals surface area contributed by atoms with Crippen LogP contribution in [0.4, 0.5) is 0 Å². The highest BCUT2D eigenvalue weighted by molar-refractivity contribution is 5.79. The molecule has 150 valence electrons. The lowest BCUT2D eigenvalue weighted by Crippen LogP contribution is -2.06. The van der Waals surface area contributed by atoms with Crippen LogP contribution in [0.25, 0.3) is 0 Å². The molecule has 2 rings (SSSR count). The predicted octanol–water partition coefficient (Wildman–Crippen LogP) is 5.81. The van der Waals surface area contributed by atoms with Crippen molar-refractivity contribution in [2.45, 2.75) is 40.0 Å². The summed E-state index contributed by atoms with van der Waals surface area (Å²) >= 11 is 0. The fraction of sp³-hybridized carbons (Fsp3) is 0.375. The van der Waals surface area contributed by atoms with E-state index in [1.54, 1.807) is 13.3 Å². The quantitative estimate of drug-likeness (QED) is 0.296. The van der Waals surface area contributed by atoms with Gasteiger partial charge in [-0.3, -0.25) is 0 Å². The van der Waals surface area contributed by atoms with E-state index in [0.717, 1.165) is 34.6 Å². The normalized spacial score (nSPS) is 12.5. The van der Waals surface area contributed by atoms with Gasteiger partial charge in [0.25, 0.3) is 0 Å². The summed E-state index contributed by atoms with van der Waals surface area (Å²) in [6.07, 6.45) is 6.63. The molecule has 4 heteroatoms. The first-order valence-electron chi connectivity index (χ1n) is 9.69. The summed E-state index contributed by atoms with van der Waals surface area (Å²) in [6.45, 7) is 9.60. The molecule has 4 nitrogen and oxygen atoms in total. The van der Waals surface area contributed by atoms with Gasteiger partial charge >= 0.3 is 0 Å². The van der Waals surface area contributed by atoms with Crippen molar-refractivity contribution in [1.82, 2.24) is 0 Å². The maximum atomic E-state index is 6.11. The summed E-state index contributed by atoms with van der Waals surface area (Å²) < 4.78 is 11.8. The van der Waals surface area contributed by atoms with Crippen LogP contribution in [0.2, 0.25) is 0 Å². The Kier molecular flexibility index (Phi) is 8.60. The summed E-state index contributed by atoms with van der Waals surface area (Å²) in [6, 6.07) is 12.4. The largest absolute Gasteiger partial charge is 0.493 e. The van der Waals surface area contributed by atoms with Gasteiger partial charge in [0, 0.05) is 0 Å². The van der Waals surface area contributed by atoms with E-state index in [0.29, 0.717) is 19.1 Å². The summed E-state index contributed by atoms with van der Waals surface area (Å²) in [4.78, 5) is 4.71. The highest BCUT2D eigenvalue weighted by atomic mass is 16.6. The molecular weight excluding hydrogens is 350 g/mol. The van der Waals surface area contributed by atoms with Crippen LogP contribution in [-0.2, 0) is 4.84 Å². The van der Waals surface area contributed by atoms with E-state index in [1.165, 1.54) is 5.56 Å². The fourth-order valence-corrected chi connectivity index (χ4v) is 2.99. The third-order valence-electron chi connectivity index (χ3n) is 4.63. The Morgan fingerprint density at radius 1 is 1.04 bits per heavy atom. The second-order valence-corrected chi connectivity index (χ2v) is 6.89. The molecule has 0 aliphatic rings. The maximum Gasteiger partial charge on any atom is 0.125 e. The Morgan fingerprint density at radius 3 is 2.32 bits per heavy atom. The molecule has 0 amide bonds. The average molecular weight is 382 g/mol. The highest BCUT2D eigenvalue weighted by Crippen LogP contribution is 2.29. The SMILES string of the molecule is C/C=C/COc1cc(C)c(OCCC(C)c2ccc(C=NOC)cc2)c(C)c1. The number of hydrogen-bond acceptors (Lipinski definition) is 4. The van der Waals surface area contributed by atoms with Crippen molar-refractivity contribution in [3.8, 4) is 11.5 Å². The molecule has 0 saturated carbocycles. The Morgan fingerprint density at radius 2 is 1.71 bits per heavy atom. The number of benzene rings is 2. The number of hydrogen-bond donors (Lipinski definition) is 0. The van der Waals surface area contributed by atoms with Gasteiger partial charge in [0.2, 0.25) is 0 Å². The molecule has 0 radical (unpaired) electrons. The van der Waals surface area contributed by atoms with Crippen molar-refractivity contribution in [3.05, 3.63) is 70.8 Å². The summed E-state index contributed by atoms with van der Waals surface area (Å²) in [5.74, 6) is 2.25. The maximum absolute atomic E-state index is 6.11. The predicted molar refractivity (Wildman–Crippen MR) is 116 cm³/mol. The van der Waals surface area contributed by atoms with Crippen LogP contribution in [0.5, 0.6) is 11.5 Å². The number of oxime groups is 1. The van der Waals surface area contributed by atoms with Crippen LogP contribution in [0.1, 0.15) is 48.4 Å². The molecule has 0 spiro atoms. The van der Waals surface area contributed by atoms with Gasteiger partial charge in [0.1, 0.15) is 25.2 Å². The molecule has 0 aliphatic heterocycles. The molecule has 0 heterocycles. The molecule has 0 aromatic heterocycles. The van der Waals surface area contributed by atoms with E-state index in [9.17, 15) is 0 Å². The Labute approximate surface area is 168 Å². The number of allylic oxidation sites excluding steroid dienone is 1. The molecule has 1 atom stereocenters. The third kappa shape index (κ3) is 6.45. The lowest BCUT2D eigenvalue weighted by Gasteiger charge is -2.17. The molecule has 0 aliphatic carbocycles. The second kappa shape index (κ2) is 11.2. The van der Waals surface area contributed by atoms with Gasteiger partial charge in [-0.05, 0) is 67.5 Å². The number of aryl methyl sites for hydroxylation is 2. The van der Waals surface area contributed by atoms with Gasteiger partial charge in [-0.1, -0.05) is 48.5 Å². The van der Waals surface area contributed by atoms with Crippen LogP contribution in [0.3, 0.4) is 0 Å². The molecule has 1 unspecified atom stereocenters. The van der Waals surface area contributed by atoms with Crippen LogP contribution in [0.15, 0.2) is 53.7 Å². The molecule has 0 N–H and O–H groups in total. The van der Waals surface area contributed by atoms with Crippen molar-refractivity contribution in [3.63, 3.8) is 0 Å². The number of ether oxygens (including phenoxy) is 2. The van der Waals surface area contributed by atoms with Crippen LogP contribution in [-0.4, -0.2) is 26.5 Å². The minimum atomic E-state index is 0.414. The Hall–Kier alpha value is -2.75. The molecule has 2 aromatic carbocycles. The number of nitrogens with zero attached hydrogens (tertiary/aromatic N) is 1. The van der Waals surface area contributed by atoms with Gasteiger partial charge < -0.3 is 14.3 Å². The topological polar surface area (TPSA) is 40.0 Å². The van der Waals surface area contributed by atoms with Gasteiger partial charge in [-0.25, -0.2) is 0 Å². The summed E-state index contributed by atoms with van der Waals surface area (Å²) in [7, 11) is 1.54. The minimum absolute atomic E-state index is 0.414. The van der Waals surface area contributed by atoms with E-state index in [1.807, 2.05) is 31.2 Å². The molecule has 0 fully saturated rings. The van der Waals surface area contributed by atoms with Crippen LogP contribution < -0.4 is 9.47 Å². The Bertz CT molecular complexity index is 771. The first-order chi connectivity index (χ1) is 13.5. The lowest BCUT2D eigenvalue weighted by molar-refractivity contribution is 0.215. The zero-order valence-corrected chi connectivity index (χ0v) is 17.6. The average Bonchev–Trinajstić information content (AvgIpc) is 2.69. The van der Waals surface area contributed by atoms with Gasteiger partial charge in [-0.2, -0.15) is 0 Å². The van der Waals surface area contributed by atoms with E-state index in [-0.39, 0.29) is 0 Å². The van der Waals surface area contributed by atoms with Crippen LogP contribution in [0, 0.1) is 13.8 Å². The third-order valence-corrected chi connectivity index (χ3v) is 4.63. The highest BCUT2D eigenvalue weighted by Gasteiger charge is 2.10. The smallest absolute Gasteiger partial charge is 0.125 e. The first kappa shape index (κ1) is 21.5. The van der Waals surface area contributed by atoms with Gasteiger partial charge in [-0.15, -0.1) is 0 Å². The van der Waals surface area contributed by atoms with Gasteiger partial charge in [0.15, 0.2) is 0 Å². The Balaban J connectivity index is 1.90. The molecular formula is C24H31NO3. The standard InChI is InChI=1S/C24H31NO3/c1-6-7-13-27-23-15-19(3)24(20(4)16-23)28-14-12-18(2)22-10-8-21(9-11-22)17-25-26-5/h6-11,15-18H,12-14H2,1-5H3/b7-6+,25-17?. The van der Waals surface area contributed by atoms with Crippen molar-refractivity contribution < 1.29 is 14.3 Å². The molecule has 28 heavy (non-hydrogen) atoms. The fourth-order valence-electron chi connectivity index (χ4n) is 2.99.